The lowest BCUT2D eigenvalue weighted by Crippen LogP contribution is -2.31. The molecule has 40 heavy (non-hydrogen) atoms. The van der Waals surface area contributed by atoms with Crippen LogP contribution < -0.4 is 9.64 Å². The van der Waals surface area contributed by atoms with Crippen molar-refractivity contribution < 1.29 is 23.8 Å². The first-order chi connectivity index (χ1) is 19.6. The van der Waals surface area contributed by atoms with E-state index in [1.165, 1.54) is 40.3 Å². The molecule has 0 saturated heterocycles. The molecular formula is C30H21N3O5S2. The Kier molecular flexibility index (Phi) is 7.17. The summed E-state index contributed by atoms with van der Waals surface area (Å²) < 4.78 is 12.0. The Labute approximate surface area is 237 Å². The van der Waals surface area contributed by atoms with E-state index >= 15 is 0 Å². The molecular weight excluding hydrogens is 546 g/mol. The van der Waals surface area contributed by atoms with Gasteiger partial charge in [-0.25, -0.2) is 0 Å². The van der Waals surface area contributed by atoms with Crippen LogP contribution >= 0.6 is 23.1 Å². The summed E-state index contributed by atoms with van der Waals surface area (Å²) in [5.41, 5.74) is 1.57. The van der Waals surface area contributed by atoms with Gasteiger partial charge in [0.1, 0.15) is 11.5 Å². The summed E-state index contributed by atoms with van der Waals surface area (Å²) in [6.07, 6.45) is 1.36. The maximum Gasteiger partial charge on any atom is 0.296 e. The second-order valence-corrected chi connectivity index (χ2v) is 10.9. The molecule has 1 aliphatic rings. The average molecular weight is 568 g/mol. The topological polar surface area (TPSA) is 106 Å². The van der Waals surface area contributed by atoms with Gasteiger partial charge in [-0.1, -0.05) is 83.8 Å². The third kappa shape index (κ3) is 5.14. The third-order valence-corrected chi connectivity index (χ3v) is 8.28. The number of benzene rings is 3. The van der Waals surface area contributed by atoms with Crippen molar-refractivity contribution in [3.05, 3.63) is 132 Å². The number of carbonyl (C=O) groups is 2. The van der Waals surface area contributed by atoms with Gasteiger partial charge in [0.2, 0.25) is 10.9 Å². The smallest absolute Gasteiger partial charge is 0.296 e. The van der Waals surface area contributed by atoms with Gasteiger partial charge in [0, 0.05) is 5.75 Å². The summed E-state index contributed by atoms with van der Waals surface area (Å²) in [6.45, 7) is 0. The molecule has 0 saturated carbocycles. The minimum absolute atomic E-state index is 0.00857. The fourth-order valence-corrected chi connectivity index (χ4v) is 6.16. The molecule has 0 radical (unpaired) electrons. The molecule has 0 aliphatic carbocycles. The Morgan fingerprint density at radius 3 is 2.45 bits per heavy atom. The number of ether oxygens (including phenoxy) is 1. The van der Waals surface area contributed by atoms with E-state index in [1.54, 1.807) is 30.3 Å². The molecule has 0 spiro atoms. The molecule has 5 aromatic rings. The quantitative estimate of drug-likeness (QED) is 0.115. The number of aromatic nitrogens is 2. The molecule has 3 heterocycles. The van der Waals surface area contributed by atoms with Crippen molar-refractivity contribution in [2.45, 2.75) is 16.1 Å². The lowest BCUT2D eigenvalue weighted by Gasteiger charge is -2.24. The van der Waals surface area contributed by atoms with Crippen molar-refractivity contribution in [2.24, 2.45) is 0 Å². The molecule has 1 atom stereocenters. The van der Waals surface area contributed by atoms with Crippen molar-refractivity contribution in [2.75, 3.05) is 4.90 Å². The molecule has 0 fully saturated rings. The van der Waals surface area contributed by atoms with Crippen LogP contribution in [0.1, 0.15) is 27.7 Å². The van der Waals surface area contributed by atoms with Crippen LogP contribution in [0.5, 0.6) is 11.5 Å². The number of amides is 1. The van der Waals surface area contributed by atoms with Gasteiger partial charge in [0.15, 0.2) is 15.9 Å². The van der Waals surface area contributed by atoms with Crippen molar-refractivity contribution in [3.8, 4) is 11.5 Å². The number of aliphatic hydroxyl groups is 1. The first kappa shape index (κ1) is 25.6. The fourth-order valence-electron chi connectivity index (χ4n) is 4.34. The number of thioether (sulfide) groups is 1. The van der Waals surface area contributed by atoms with Gasteiger partial charge >= 0.3 is 0 Å². The Balaban J connectivity index is 1.36. The number of hydrogen-bond acceptors (Lipinski definition) is 9. The third-order valence-electron chi connectivity index (χ3n) is 6.16. The highest BCUT2D eigenvalue weighted by atomic mass is 32.2. The van der Waals surface area contributed by atoms with Crippen LogP contribution in [-0.2, 0) is 10.5 Å². The van der Waals surface area contributed by atoms with E-state index in [4.69, 9.17) is 9.15 Å². The second kappa shape index (κ2) is 11.2. The molecule has 198 valence electrons. The number of para-hydroxylation sites is 1. The maximum atomic E-state index is 13.5. The molecule has 2 aromatic heterocycles. The van der Waals surface area contributed by atoms with E-state index in [0.717, 1.165) is 5.56 Å². The number of anilines is 1. The summed E-state index contributed by atoms with van der Waals surface area (Å²) in [5.74, 6) is -0.177. The molecule has 3 aromatic carbocycles. The van der Waals surface area contributed by atoms with Crippen LogP contribution in [-0.4, -0.2) is 27.0 Å². The number of ketones is 1. The number of carbonyl (C=O) groups excluding carboxylic acids is 2. The standard InChI is InChI=1S/C30H21N3O5S2/c34-26(23-15-8-16-37-23)24-25(20-11-7-14-22(17-20)38-21-12-5-2-6-13-21)33(28(36)27(24)35)29-31-32-30(40-29)39-18-19-9-3-1-4-10-19/h1-17,25,35H,18H2. The average Bonchev–Trinajstić information content (AvgIpc) is 3.74. The monoisotopic (exact) mass is 567 g/mol. The number of hydrogen-bond donors (Lipinski definition) is 1. The number of rotatable bonds is 9. The number of Topliss-reactive ketones (excluding diaryl/α,β-unsaturated/α-hetero) is 1. The van der Waals surface area contributed by atoms with Crippen LogP contribution in [0.2, 0.25) is 0 Å². The van der Waals surface area contributed by atoms with Gasteiger partial charge < -0.3 is 14.3 Å². The molecule has 1 aliphatic heterocycles. The van der Waals surface area contributed by atoms with E-state index < -0.39 is 23.5 Å². The van der Waals surface area contributed by atoms with E-state index in [0.29, 0.717) is 27.2 Å². The van der Waals surface area contributed by atoms with E-state index in [9.17, 15) is 14.7 Å². The zero-order valence-corrected chi connectivity index (χ0v) is 22.5. The highest BCUT2D eigenvalue weighted by molar-refractivity contribution is 8.00. The largest absolute Gasteiger partial charge is 0.503 e. The lowest BCUT2D eigenvalue weighted by molar-refractivity contribution is -0.117. The highest BCUT2D eigenvalue weighted by Crippen LogP contribution is 2.44. The van der Waals surface area contributed by atoms with Gasteiger partial charge in [-0.2, -0.15) is 0 Å². The van der Waals surface area contributed by atoms with Crippen LogP contribution in [0.3, 0.4) is 0 Å². The van der Waals surface area contributed by atoms with Crippen molar-refractivity contribution in [1.29, 1.82) is 0 Å². The van der Waals surface area contributed by atoms with Crippen molar-refractivity contribution >= 4 is 39.9 Å². The van der Waals surface area contributed by atoms with Gasteiger partial charge in [0.05, 0.1) is 17.9 Å². The lowest BCUT2D eigenvalue weighted by atomic mass is 9.95. The van der Waals surface area contributed by atoms with Gasteiger partial charge in [-0.05, 0) is 47.5 Å². The molecule has 10 heteroatoms. The zero-order valence-electron chi connectivity index (χ0n) is 20.8. The van der Waals surface area contributed by atoms with Crippen LogP contribution in [0, 0.1) is 0 Å². The Morgan fingerprint density at radius 2 is 1.70 bits per heavy atom. The van der Waals surface area contributed by atoms with Crippen LogP contribution in [0.4, 0.5) is 5.13 Å². The summed E-state index contributed by atoms with van der Waals surface area (Å²) in [7, 11) is 0. The zero-order chi connectivity index (χ0) is 27.5. The fraction of sp³-hybridized carbons (Fsp3) is 0.0667. The van der Waals surface area contributed by atoms with Gasteiger partial charge in [0.25, 0.3) is 5.91 Å². The van der Waals surface area contributed by atoms with Gasteiger partial charge in [-0.3, -0.25) is 14.5 Å². The summed E-state index contributed by atoms with van der Waals surface area (Å²) in [5, 5.41) is 19.8. The summed E-state index contributed by atoms with van der Waals surface area (Å²) >= 11 is 2.70. The van der Waals surface area contributed by atoms with Gasteiger partial charge in [-0.15, -0.1) is 10.2 Å². The Bertz CT molecular complexity index is 1680. The number of nitrogens with zero attached hydrogens (tertiary/aromatic N) is 3. The predicted octanol–water partition coefficient (Wildman–Crippen LogP) is 7.00. The van der Waals surface area contributed by atoms with Crippen molar-refractivity contribution in [3.63, 3.8) is 0 Å². The first-order valence-corrected chi connectivity index (χ1v) is 14.1. The molecule has 6 rings (SSSR count). The van der Waals surface area contributed by atoms with Crippen LogP contribution in [0.15, 0.2) is 123 Å². The first-order valence-electron chi connectivity index (χ1n) is 12.3. The predicted molar refractivity (Wildman–Crippen MR) is 152 cm³/mol. The number of furan rings is 1. The summed E-state index contributed by atoms with van der Waals surface area (Å²) in [6, 6.07) is 28.3. The minimum Gasteiger partial charge on any atom is -0.503 e. The van der Waals surface area contributed by atoms with Crippen molar-refractivity contribution in [1.82, 2.24) is 10.2 Å². The molecule has 1 unspecified atom stereocenters. The maximum absolute atomic E-state index is 13.5. The van der Waals surface area contributed by atoms with Crippen LogP contribution in [0.25, 0.3) is 0 Å². The molecule has 8 nitrogen and oxygen atoms in total. The van der Waals surface area contributed by atoms with E-state index in [-0.39, 0.29) is 16.5 Å². The second-order valence-electron chi connectivity index (χ2n) is 8.76. The Hall–Kier alpha value is -4.67. The normalized spacial score (nSPS) is 15.1. The highest BCUT2D eigenvalue weighted by Gasteiger charge is 2.46. The molecule has 1 amide bonds. The molecule has 1 N–H and O–H groups in total. The van der Waals surface area contributed by atoms with E-state index in [2.05, 4.69) is 10.2 Å². The SMILES string of the molecule is O=C(C1=C(O)C(=O)N(c2nnc(SCc3ccccc3)s2)C1c1cccc(Oc2ccccc2)c1)c1ccco1. The molecule has 0 bridgehead atoms. The summed E-state index contributed by atoms with van der Waals surface area (Å²) in [4.78, 5) is 28.3. The Morgan fingerprint density at radius 1 is 0.950 bits per heavy atom. The van der Waals surface area contributed by atoms with E-state index in [1.807, 2.05) is 60.7 Å². The minimum atomic E-state index is -0.982. The number of aliphatic hydroxyl groups excluding tert-OH is 1.